The maximum Gasteiger partial charge on any atom is 0.161 e. The molecule has 0 bridgehead atoms. The molecule has 2 aliphatic heterocycles. The Morgan fingerprint density at radius 2 is 2.00 bits per heavy atom. The molecule has 0 aliphatic carbocycles. The highest BCUT2D eigenvalue weighted by atomic mass is 16.6. The van der Waals surface area contributed by atoms with Gasteiger partial charge in [-0.05, 0) is 24.1 Å². The lowest BCUT2D eigenvalue weighted by Gasteiger charge is -2.45. The lowest BCUT2D eigenvalue weighted by atomic mass is 9.68. The van der Waals surface area contributed by atoms with E-state index in [1.165, 1.54) is 0 Å². The van der Waals surface area contributed by atoms with Gasteiger partial charge in [-0.25, -0.2) is 0 Å². The second-order valence-electron chi connectivity index (χ2n) is 5.10. The quantitative estimate of drug-likeness (QED) is 0.835. The second-order valence-corrected chi connectivity index (χ2v) is 5.10. The molecule has 2 heterocycles. The molecule has 0 aromatic heterocycles. The maximum absolute atomic E-state index is 9.36. The van der Waals surface area contributed by atoms with E-state index in [0.717, 1.165) is 23.5 Å². The summed E-state index contributed by atoms with van der Waals surface area (Å²) in [5.74, 6) is 1.54. The molecule has 0 saturated carbocycles. The minimum Gasteiger partial charge on any atom is -0.486 e. The van der Waals surface area contributed by atoms with Crippen molar-refractivity contribution in [3.8, 4) is 17.6 Å². The molecule has 0 radical (unpaired) electrons. The van der Waals surface area contributed by atoms with Crippen molar-refractivity contribution in [3.63, 3.8) is 0 Å². The smallest absolute Gasteiger partial charge is 0.161 e. The normalized spacial score (nSPS) is 21.1. The van der Waals surface area contributed by atoms with Gasteiger partial charge in [0.2, 0.25) is 0 Å². The summed E-state index contributed by atoms with van der Waals surface area (Å²) < 4.78 is 16.6. The predicted octanol–water partition coefficient (Wildman–Crippen LogP) is 2.28. The van der Waals surface area contributed by atoms with Crippen molar-refractivity contribution in [3.05, 3.63) is 23.8 Å². The first kappa shape index (κ1) is 12.3. The Hall–Kier alpha value is -1.73. The third-order valence-corrected chi connectivity index (χ3v) is 4.07. The molecule has 2 aliphatic rings. The van der Waals surface area contributed by atoms with E-state index in [-0.39, 0.29) is 11.3 Å². The van der Waals surface area contributed by atoms with E-state index in [1.807, 2.05) is 25.1 Å². The summed E-state index contributed by atoms with van der Waals surface area (Å²) >= 11 is 0. The monoisotopic (exact) mass is 259 g/mol. The highest BCUT2D eigenvalue weighted by molar-refractivity contribution is 5.47. The Kier molecular flexibility index (Phi) is 3.08. The molecular weight excluding hydrogens is 242 g/mol. The van der Waals surface area contributed by atoms with Gasteiger partial charge in [0.1, 0.15) is 13.2 Å². The van der Waals surface area contributed by atoms with Crippen molar-refractivity contribution in [1.29, 1.82) is 5.26 Å². The first-order valence-corrected chi connectivity index (χ1v) is 6.67. The summed E-state index contributed by atoms with van der Waals surface area (Å²) in [5.41, 5.74) is 0.940. The summed E-state index contributed by atoms with van der Waals surface area (Å²) in [7, 11) is 0. The van der Waals surface area contributed by atoms with Crippen LogP contribution in [-0.2, 0) is 10.2 Å². The maximum atomic E-state index is 9.36. The van der Waals surface area contributed by atoms with Crippen LogP contribution in [0.15, 0.2) is 18.2 Å². The molecule has 1 aromatic carbocycles. The van der Waals surface area contributed by atoms with Crippen LogP contribution in [0.2, 0.25) is 0 Å². The fraction of sp³-hybridized carbons (Fsp3) is 0.533. The summed E-state index contributed by atoms with van der Waals surface area (Å²) in [5, 5.41) is 9.36. The number of nitrogens with zero attached hydrogens (tertiary/aromatic N) is 1. The first-order valence-electron chi connectivity index (χ1n) is 6.67. The van der Waals surface area contributed by atoms with Gasteiger partial charge in [0, 0.05) is 0 Å². The largest absolute Gasteiger partial charge is 0.486 e. The van der Waals surface area contributed by atoms with Crippen molar-refractivity contribution in [2.45, 2.75) is 18.8 Å². The van der Waals surface area contributed by atoms with Crippen LogP contribution in [0.5, 0.6) is 11.5 Å². The standard InChI is InChI=1S/C15H17NO3/c1-2-11(8-16)15(9-17-10-15)12-3-4-13-14(7-12)19-6-5-18-13/h3-4,7,11H,2,5-6,9-10H2,1H3. The van der Waals surface area contributed by atoms with Gasteiger partial charge in [-0.2, -0.15) is 5.26 Å². The SMILES string of the molecule is CCC(C#N)C1(c2ccc3c(c2)OCCO3)COC1. The lowest BCUT2D eigenvalue weighted by molar-refractivity contribution is -0.0806. The zero-order valence-electron chi connectivity index (χ0n) is 11.0. The number of nitriles is 1. The van der Waals surface area contributed by atoms with Gasteiger partial charge in [-0.3, -0.25) is 0 Å². The van der Waals surface area contributed by atoms with E-state index in [2.05, 4.69) is 6.07 Å². The van der Waals surface area contributed by atoms with Crippen molar-refractivity contribution >= 4 is 0 Å². The molecule has 0 N–H and O–H groups in total. The fourth-order valence-corrected chi connectivity index (χ4v) is 2.85. The summed E-state index contributed by atoms with van der Waals surface area (Å²) in [6.07, 6.45) is 0.828. The number of hydrogen-bond donors (Lipinski definition) is 0. The van der Waals surface area contributed by atoms with Gasteiger partial charge in [0.05, 0.1) is 30.6 Å². The third-order valence-electron chi connectivity index (χ3n) is 4.07. The molecule has 100 valence electrons. The molecule has 0 amide bonds. The van der Waals surface area contributed by atoms with Crippen molar-refractivity contribution < 1.29 is 14.2 Å². The van der Waals surface area contributed by atoms with Gasteiger partial charge in [0.25, 0.3) is 0 Å². The Morgan fingerprint density at radius 3 is 2.58 bits per heavy atom. The summed E-state index contributed by atoms with van der Waals surface area (Å²) in [4.78, 5) is 0. The third kappa shape index (κ3) is 1.85. The molecule has 1 fully saturated rings. The van der Waals surface area contributed by atoms with Crippen LogP contribution < -0.4 is 9.47 Å². The first-order chi connectivity index (χ1) is 9.30. The average molecular weight is 259 g/mol. The molecule has 1 aromatic rings. The highest BCUT2D eigenvalue weighted by Gasteiger charge is 2.47. The zero-order valence-corrected chi connectivity index (χ0v) is 11.0. The van der Waals surface area contributed by atoms with Crippen LogP contribution in [-0.4, -0.2) is 26.4 Å². The number of rotatable bonds is 3. The summed E-state index contributed by atoms with van der Waals surface area (Å²) in [6, 6.07) is 8.41. The van der Waals surface area contributed by atoms with E-state index in [4.69, 9.17) is 14.2 Å². The molecule has 0 spiro atoms. The zero-order chi connectivity index (χ0) is 13.3. The molecule has 1 unspecified atom stereocenters. The van der Waals surface area contributed by atoms with Crippen LogP contribution in [0.3, 0.4) is 0 Å². The van der Waals surface area contributed by atoms with Gasteiger partial charge < -0.3 is 14.2 Å². The van der Waals surface area contributed by atoms with E-state index in [0.29, 0.717) is 26.4 Å². The van der Waals surface area contributed by atoms with E-state index in [9.17, 15) is 5.26 Å². The van der Waals surface area contributed by atoms with Crippen molar-refractivity contribution in [2.24, 2.45) is 5.92 Å². The summed E-state index contributed by atoms with van der Waals surface area (Å²) in [6.45, 7) is 4.44. The minimum atomic E-state index is -0.181. The molecule has 19 heavy (non-hydrogen) atoms. The van der Waals surface area contributed by atoms with Gasteiger partial charge in [0.15, 0.2) is 11.5 Å². The van der Waals surface area contributed by atoms with Crippen LogP contribution in [0.4, 0.5) is 0 Å². The molecule has 1 saturated heterocycles. The number of benzene rings is 1. The average Bonchev–Trinajstić information content (AvgIpc) is 2.42. The molecule has 4 heteroatoms. The number of ether oxygens (including phenoxy) is 3. The van der Waals surface area contributed by atoms with Crippen molar-refractivity contribution in [1.82, 2.24) is 0 Å². The molecule has 1 atom stereocenters. The predicted molar refractivity (Wildman–Crippen MR) is 69.3 cm³/mol. The van der Waals surface area contributed by atoms with Crippen LogP contribution in [0.25, 0.3) is 0 Å². The van der Waals surface area contributed by atoms with Gasteiger partial charge >= 0.3 is 0 Å². The van der Waals surface area contributed by atoms with E-state index >= 15 is 0 Å². The number of fused-ring (bicyclic) bond motifs is 1. The Morgan fingerprint density at radius 1 is 1.26 bits per heavy atom. The Bertz CT molecular complexity index is 517. The Labute approximate surface area is 112 Å². The van der Waals surface area contributed by atoms with Crippen LogP contribution >= 0.6 is 0 Å². The van der Waals surface area contributed by atoms with Gasteiger partial charge in [-0.15, -0.1) is 0 Å². The van der Waals surface area contributed by atoms with Crippen LogP contribution in [0, 0.1) is 17.2 Å². The second kappa shape index (κ2) is 4.75. The minimum absolute atomic E-state index is 0.0243. The Balaban J connectivity index is 1.98. The van der Waals surface area contributed by atoms with E-state index in [1.54, 1.807) is 0 Å². The topological polar surface area (TPSA) is 51.5 Å². The van der Waals surface area contributed by atoms with Crippen molar-refractivity contribution in [2.75, 3.05) is 26.4 Å². The molecule has 4 nitrogen and oxygen atoms in total. The van der Waals surface area contributed by atoms with E-state index < -0.39 is 0 Å². The fourth-order valence-electron chi connectivity index (χ4n) is 2.85. The van der Waals surface area contributed by atoms with Crippen LogP contribution in [0.1, 0.15) is 18.9 Å². The molecular formula is C15H17NO3. The highest BCUT2D eigenvalue weighted by Crippen LogP contribution is 2.44. The lowest BCUT2D eigenvalue weighted by Crippen LogP contribution is -2.52. The molecule has 3 rings (SSSR count). The number of hydrogen-bond acceptors (Lipinski definition) is 4. The van der Waals surface area contributed by atoms with Gasteiger partial charge in [-0.1, -0.05) is 13.0 Å².